The molecule has 0 radical (unpaired) electrons. The molecule has 33 heavy (non-hydrogen) atoms. The Labute approximate surface area is 192 Å². The third-order valence-corrected chi connectivity index (χ3v) is 6.48. The second kappa shape index (κ2) is 7.45. The van der Waals surface area contributed by atoms with E-state index in [1.165, 1.54) is 11.6 Å². The average molecular weight is 434 g/mol. The van der Waals surface area contributed by atoms with Crippen molar-refractivity contribution in [2.24, 2.45) is 7.05 Å². The van der Waals surface area contributed by atoms with Crippen LogP contribution in [0.1, 0.15) is 11.1 Å². The number of carbonyl (C=O) groups excluding carboxylic acids is 1. The van der Waals surface area contributed by atoms with Crippen LogP contribution >= 0.6 is 0 Å². The number of carbonyl (C=O) groups is 1. The summed E-state index contributed by atoms with van der Waals surface area (Å²) in [6.07, 6.45) is 12.4. The van der Waals surface area contributed by atoms with Crippen molar-refractivity contribution in [3.8, 4) is 11.1 Å². The Balaban J connectivity index is 1.50. The van der Waals surface area contributed by atoms with Gasteiger partial charge in [-0.05, 0) is 47.9 Å². The number of pyridine rings is 1. The van der Waals surface area contributed by atoms with Crippen LogP contribution in [0.4, 0.5) is 17.1 Å². The molecule has 0 spiro atoms. The summed E-state index contributed by atoms with van der Waals surface area (Å²) >= 11 is 0. The van der Waals surface area contributed by atoms with E-state index in [1.54, 1.807) is 0 Å². The smallest absolute Gasteiger partial charge is 0.250 e. The van der Waals surface area contributed by atoms with Crippen molar-refractivity contribution < 1.29 is 4.79 Å². The van der Waals surface area contributed by atoms with Crippen molar-refractivity contribution >= 4 is 39.9 Å². The molecular weight excluding hydrogens is 410 g/mol. The summed E-state index contributed by atoms with van der Waals surface area (Å²) in [5.74, 6) is -0.0550. The molecule has 1 amide bonds. The number of benzene rings is 2. The molecule has 0 fully saturated rings. The van der Waals surface area contributed by atoms with Crippen LogP contribution in [0.25, 0.3) is 28.1 Å². The molecule has 2 aromatic heterocycles. The Bertz CT molecular complexity index is 1460. The van der Waals surface area contributed by atoms with Crippen LogP contribution < -0.4 is 9.80 Å². The van der Waals surface area contributed by atoms with Gasteiger partial charge >= 0.3 is 0 Å². The maximum absolute atomic E-state index is 12.4. The third kappa shape index (κ3) is 3.14. The minimum Gasteiger partial charge on any atom is -0.336 e. The van der Waals surface area contributed by atoms with E-state index in [9.17, 15) is 4.79 Å². The first-order chi connectivity index (χ1) is 16.1. The highest BCUT2D eigenvalue weighted by molar-refractivity contribution is 6.04. The number of hydrogen-bond acceptors (Lipinski definition) is 4. The summed E-state index contributed by atoms with van der Waals surface area (Å²) in [4.78, 5) is 21.2. The van der Waals surface area contributed by atoms with Crippen molar-refractivity contribution in [2.75, 3.05) is 22.9 Å². The maximum Gasteiger partial charge on any atom is 0.250 e. The summed E-state index contributed by atoms with van der Waals surface area (Å²) in [7, 11) is 1.93. The molecule has 0 aliphatic carbocycles. The zero-order valence-corrected chi connectivity index (χ0v) is 18.4. The molecule has 0 saturated heterocycles. The van der Waals surface area contributed by atoms with Crippen LogP contribution in [0.2, 0.25) is 0 Å². The van der Waals surface area contributed by atoms with Crippen molar-refractivity contribution in [3.63, 3.8) is 0 Å². The van der Waals surface area contributed by atoms with E-state index >= 15 is 0 Å². The van der Waals surface area contributed by atoms with Gasteiger partial charge in [0, 0.05) is 60.4 Å². The third-order valence-electron chi connectivity index (χ3n) is 6.48. The molecule has 2 aromatic carbocycles. The fourth-order valence-electron chi connectivity index (χ4n) is 4.85. The maximum atomic E-state index is 12.4. The van der Waals surface area contributed by atoms with E-state index in [0.717, 1.165) is 57.6 Å². The van der Waals surface area contributed by atoms with E-state index in [0.29, 0.717) is 6.54 Å². The highest BCUT2D eigenvalue weighted by Gasteiger charge is 2.26. The molecule has 4 aromatic rings. The van der Waals surface area contributed by atoms with Gasteiger partial charge < -0.3 is 9.80 Å². The summed E-state index contributed by atoms with van der Waals surface area (Å²) in [5.41, 5.74) is 8.57. The standard InChI is InChI=1S/C27H23N5O/c1-3-26(33)32-12-10-18-6-8-22(14-25(18)32)31-11-4-5-20-15-28-24-9-7-19(13-23(24)27(20)31)21-16-29-30(2)17-21/h3-9,13-17H,1,10-12H2,2H3. The van der Waals surface area contributed by atoms with E-state index in [4.69, 9.17) is 4.98 Å². The van der Waals surface area contributed by atoms with Gasteiger partial charge in [0.2, 0.25) is 5.91 Å². The lowest BCUT2D eigenvalue weighted by molar-refractivity contribution is -0.114. The van der Waals surface area contributed by atoms with Crippen LogP contribution in [0, 0.1) is 0 Å². The first-order valence-corrected chi connectivity index (χ1v) is 11.0. The summed E-state index contributed by atoms with van der Waals surface area (Å²) in [5, 5.41) is 5.42. The predicted molar refractivity (Wildman–Crippen MR) is 133 cm³/mol. The Morgan fingerprint density at radius 1 is 1.12 bits per heavy atom. The number of fused-ring (bicyclic) bond motifs is 4. The quantitative estimate of drug-likeness (QED) is 0.433. The Hall–Kier alpha value is -4.19. The molecule has 0 N–H and O–H groups in total. The lowest BCUT2D eigenvalue weighted by Gasteiger charge is -2.30. The van der Waals surface area contributed by atoms with Gasteiger partial charge in [0.15, 0.2) is 0 Å². The number of aryl methyl sites for hydroxylation is 1. The lowest BCUT2D eigenvalue weighted by atomic mass is 10.00. The summed E-state index contributed by atoms with van der Waals surface area (Å²) < 4.78 is 1.81. The van der Waals surface area contributed by atoms with E-state index < -0.39 is 0 Å². The minimum atomic E-state index is -0.0550. The number of anilines is 3. The number of amides is 1. The molecule has 0 unspecified atom stereocenters. The number of aromatic nitrogens is 3. The van der Waals surface area contributed by atoms with Crippen LogP contribution in [-0.4, -0.2) is 33.8 Å². The molecule has 6 nitrogen and oxygen atoms in total. The molecule has 6 rings (SSSR count). The molecule has 2 aliphatic heterocycles. The van der Waals surface area contributed by atoms with Gasteiger partial charge in [-0.15, -0.1) is 0 Å². The first-order valence-electron chi connectivity index (χ1n) is 11.0. The average Bonchev–Trinajstić information content (AvgIpc) is 3.48. The Kier molecular flexibility index (Phi) is 4.40. The Morgan fingerprint density at radius 2 is 2.03 bits per heavy atom. The molecule has 6 heteroatoms. The predicted octanol–water partition coefficient (Wildman–Crippen LogP) is 4.88. The lowest BCUT2D eigenvalue weighted by Crippen LogP contribution is -2.27. The van der Waals surface area contributed by atoms with E-state index in [2.05, 4.69) is 65.1 Å². The van der Waals surface area contributed by atoms with Crippen molar-refractivity contribution in [2.45, 2.75) is 6.42 Å². The Morgan fingerprint density at radius 3 is 2.85 bits per heavy atom. The van der Waals surface area contributed by atoms with Crippen LogP contribution in [0.5, 0.6) is 0 Å². The summed E-state index contributed by atoms with van der Waals surface area (Å²) in [6.45, 7) is 5.11. The highest BCUT2D eigenvalue weighted by Crippen LogP contribution is 2.41. The molecule has 0 atom stereocenters. The van der Waals surface area contributed by atoms with Crippen LogP contribution in [-0.2, 0) is 18.3 Å². The monoisotopic (exact) mass is 433 g/mol. The fourth-order valence-corrected chi connectivity index (χ4v) is 4.85. The number of rotatable bonds is 3. The topological polar surface area (TPSA) is 54.3 Å². The number of nitrogens with zero attached hydrogens (tertiary/aromatic N) is 5. The zero-order chi connectivity index (χ0) is 22.5. The second-order valence-corrected chi connectivity index (χ2v) is 8.47. The van der Waals surface area contributed by atoms with Gasteiger partial charge in [-0.3, -0.25) is 14.5 Å². The van der Waals surface area contributed by atoms with E-state index in [-0.39, 0.29) is 5.91 Å². The molecule has 4 heterocycles. The van der Waals surface area contributed by atoms with Gasteiger partial charge in [-0.2, -0.15) is 5.10 Å². The van der Waals surface area contributed by atoms with Gasteiger partial charge in [-0.1, -0.05) is 30.9 Å². The molecule has 2 aliphatic rings. The molecule has 0 bridgehead atoms. The van der Waals surface area contributed by atoms with Gasteiger partial charge in [-0.25, -0.2) is 0 Å². The largest absolute Gasteiger partial charge is 0.336 e. The van der Waals surface area contributed by atoms with Gasteiger partial charge in [0.05, 0.1) is 17.4 Å². The van der Waals surface area contributed by atoms with Crippen molar-refractivity contribution in [1.82, 2.24) is 14.8 Å². The normalized spacial score (nSPS) is 14.5. The van der Waals surface area contributed by atoms with Gasteiger partial charge in [0.1, 0.15) is 0 Å². The zero-order valence-electron chi connectivity index (χ0n) is 18.4. The van der Waals surface area contributed by atoms with E-state index in [1.807, 2.05) is 35.2 Å². The minimum absolute atomic E-state index is 0.0550. The highest BCUT2D eigenvalue weighted by atomic mass is 16.2. The molecule has 0 saturated carbocycles. The summed E-state index contributed by atoms with van der Waals surface area (Å²) in [6, 6.07) is 12.8. The van der Waals surface area contributed by atoms with Gasteiger partial charge in [0.25, 0.3) is 0 Å². The van der Waals surface area contributed by atoms with Crippen LogP contribution in [0.15, 0.2) is 73.7 Å². The fraction of sp³-hybridized carbons (Fsp3) is 0.148. The van der Waals surface area contributed by atoms with Crippen molar-refractivity contribution in [3.05, 3.63) is 84.8 Å². The number of hydrogen-bond donors (Lipinski definition) is 0. The second-order valence-electron chi connectivity index (χ2n) is 8.47. The first kappa shape index (κ1) is 19.5. The molecular formula is C27H23N5O. The molecule has 162 valence electrons. The van der Waals surface area contributed by atoms with Crippen LogP contribution in [0.3, 0.4) is 0 Å². The SMILES string of the molecule is C=CC(=O)N1CCc2ccc(N3CC=Cc4cnc5ccc(-c6cnn(C)c6)cc5c43)cc21. The van der Waals surface area contributed by atoms with Crippen molar-refractivity contribution in [1.29, 1.82) is 0 Å².